The molecule has 1 aliphatic rings. The zero-order chi connectivity index (χ0) is 35.1. The Balaban J connectivity index is 1.55. The summed E-state index contributed by atoms with van der Waals surface area (Å²) in [6.45, 7) is 14.7. The van der Waals surface area contributed by atoms with E-state index in [1.54, 1.807) is 13.8 Å². The number of halogens is 1. The van der Waals surface area contributed by atoms with Gasteiger partial charge in [0, 0.05) is 49.6 Å². The number of hydrogen-bond acceptors (Lipinski definition) is 9. The maximum absolute atomic E-state index is 14.3. The van der Waals surface area contributed by atoms with E-state index in [2.05, 4.69) is 34.4 Å². The van der Waals surface area contributed by atoms with E-state index >= 15 is 0 Å². The van der Waals surface area contributed by atoms with E-state index < -0.39 is 17.8 Å². The van der Waals surface area contributed by atoms with Crippen LogP contribution in [0.25, 0.3) is 11.6 Å². The van der Waals surface area contributed by atoms with Gasteiger partial charge in [-0.05, 0) is 63.7 Å². The molecule has 14 heteroatoms. The lowest BCUT2D eigenvalue weighted by Crippen LogP contribution is -2.35. The Morgan fingerprint density at radius 1 is 0.938 bits per heavy atom. The number of hydrogen-bond donors (Lipinski definition) is 3. The van der Waals surface area contributed by atoms with Gasteiger partial charge in [-0.25, -0.2) is 14.1 Å². The Hall–Kier alpha value is -4.11. The number of ether oxygens (including phenoxy) is 4. The zero-order valence-electron chi connectivity index (χ0n) is 28.5. The van der Waals surface area contributed by atoms with Crippen LogP contribution in [0, 0.1) is 19.7 Å². The molecule has 264 valence electrons. The van der Waals surface area contributed by atoms with E-state index in [9.17, 15) is 23.6 Å². The lowest BCUT2D eigenvalue weighted by molar-refractivity contribution is -0.122. The smallest absolute Gasteiger partial charge is 0.421 e. The van der Waals surface area contributed by atoms with Gasteiger partial charge >= 0.3 is 6.09 Å². The highest BCUT2D eigenvalue weighted by Crippen LogP contribution is 2.39. The SMILES string of the molecule is CCOCCOCCC(=O)NCCOCCOC(=O)N1C(=O)/C(=C\c2[nH]c(C)c(C(=O)NCCN(CC)CC)c2C)c2cc(F)ccc21. The molecule has 2 heterocycles. The van der Waals surface area contributed by atoms with Gasteiger partial charge in [0.2, 0.25) is 5.91 Å². The van der Waals surface area contributed by atoms with Crippen LogP contribution in [0.15, 0.2) is 18.2 Å². The fourth-order valence-corrected chi connectivity index (χ4v) is 5.18. The normalized spacial score (nSPS) is 13.4. The molecule has 48 heavy (non-hydrogen) atoms. The highest BCUT2D eigenvalue weighted by molar-refractivity contribution is 6.41. The van der Waals surface area contributed by atoms with Gasteiger partial charge in [0.15, 0.2) is 0 Å². The van der Waals surface area contributed by atoms with E-state index in [1.807, 2.05) is 6.92 Å². The van der Waals surface area contributed by atoms with E-state index in [0.29, 0.717) is 48.9 Å². The maximum atomic E-state index is 14.3. The molecule has 1 aliphatic heterocycles. The number of amides is 4. The zero-order valence-corrected chi connectivity index (χ0v) is 28.5. The van der Waals surface area contributed by atoms with Crippen molar-refractivity contribution >= 4 is 41.2 Å². The first kappa shape index (κ1) is 38.3. The molecular weight excluding hydrogens is 625 g/mol. The summed E-state index contributed by atoms with van der Waals surface area (Å²) in [5.41, 5.74) is 2.66. The number of aryl methyl sites for hydroxylation is 1. The first-order valence-corrected chi connectivity index (χ1v) is 16.3. The average molecular weight is 674 g/mol. The third-order valence-corrected chi connectivity index (χ3v) is 7.78. The summed E-state index contributed by atoms with van der Waals surface area (Å²) >= 11 is 0. The topological polar surface area (TPSA) is 152 Å². The van der Waals surface area contributed by atoms with Crippen LogP contribution >= 0.6 is 0 Å². The van der Waals surface area contributed by atoms with Crippen LogP contribution in [0.2, 0.25) is 0 Å². The molecule has 0 atom stereocenters. The minimum atomic E-state index is -0.940. The highest BCUT2D eigenvalue weighted by atomic mass is 19.1. The Bertz CT molecular complexity index is 1440. The van der Waals surface area contributed by atoms with E-state index in [1.165, 1.54) is 18.2 Å². The van der Waals surface area contributed by atoms with Crippen molar-refractivity contribution in [3.8, 4) is 0 Å². The summed E-state index contributed by atoms with van der Waals surface area (Å²) in [6.07, 6.45) is 0.796. The lowest BCUT2D eigenvalue weighted by Gasteiger charge is -2.18. The number of nitrogens with one attached hydrogen (secondary N) is 3. The molecule has 1 aromatic carbocycles. The standard InChI is InChI=1S/C34H48FN5O8/c1-6-39(7-2)14-12-37-32(42)31-23(4)28(38-24(31)5)22-27-26-21-25(35)9-10-29(26)40(33(27)43)34(44)48-20-19-47-16-13-36-30(41)11-15-46-18-17-45-8-3/h9-10,21-22,38H,6-8,11-20H2,1-5H3,(H,36,41)(H,37,42)/b27-22-. The monoisotopic (exact) mass is 673 g/mol. The van der Waals surface area contributed by atoms with Crippen LogP contribution in [-0.2, 0) is 28.5 Å². The van der Waals surface area contributed by atoms with Gasteiger partial charge in [0.25, 0.3) is 11.8 Å². The molecule has 0 radical (unpaired) electrons. The number of benzene rings is 1. The van der Waals surface area contributed by atoms with Crippen LogP contribution in [0.3, 0.4) is 0 Å². The van der Waals surface area contributed by atoms with Gasteiger partial charge in [-0.2, -0.15) is 0 Å². The molecular formula is C34H48FN5O8. The minimum Gasteiger partial charge on any atom is -0.446 e. The second-order valence-electron chi connectivity index (χ2n) is 10.9. The van der Waals surface area contributed by atoms with Crippen LogP contribution in [0.5, 0.6) is 0 Å². The van der Waals surface area contributed by atoms with Gasteiger partial charge in [0.05, 0.1) is 49.9 Å². The molecule has 0 aliphatic carbocycles. The second kappa shape index (κ2) is 19.6. The fraction of sp³-hybridized carbons (Fsp3) is 0.529. The quantitative estimate of drug-likeness (QED) is 0.142. The van der Waals surface area contributed by atoms with Gasteiger partial charge in [-0.15, -0.1) is 0 Å². The van der Waals surface area contributed by atoms with Crippen molar-refractivity contribution in [2.24, 2.45) is 0 Å². The molecule has 2 aromatic rings. The molecule has 0 saturated carbocycles. The minimum absolute atomic E-state index is 0.0316. The molecule has 4 amide bonds. The first-order chi connectivity index (χ1) is 23.1. The highest BCUT2D eigenvalue weighted by Gasteiger charge is 2.38. The van der Waals surface area contributed by atoms with Gasteiger partial charge < -0.3 is 39.5 Å². The van der Waals surface area contributed by atoms with E-state index in [4.69, 9.17) is 18.9 Å². The van der Waals surface area contributed by atoms with E-state index in [-0.39, 0.29) is 68.0 Å². The third-order valence-electron chi connectivity index (χ3n) is 7.78. The van der Waals surface area contributed by atoms with Crippen molar-refractivity contribution in [3.05, 3.63) is 52.1 Å². The number of carbonyl (C=O) groups is 4. The molecule has 3 rings (SSSR count). The van der Waals surface area contributed by atoms with Crippen molar-refractivity contribution in [1.29, 1.82) is 0 Å². The second-order valence-corrected chi connectivity index (χ2v) is 10.9. The third kappa shape index (κ3) is 10.7. The van der Waals surface area contributed by atoms with Gasteiger partial charge in [0.1, 0.15) is 12.4 Å². The van der Waals surface area contributed by atoms with Crippen LogP contribution in [-0.4, -0.2) is 113 Å². The molecule has 13 nitrogen and oxygen atoms in total. The van der Waals surface area contributed by atoms with E-state index in [0.717, 1.165) is 30.6 Å². The number of rotatable bonds is 20. The van der Waals surface area contributed by atoms with Crippen LogP contribution in [0.4, 0.5) is 14.9 Å². The molecule has 0 fully saturated rings. The number of likely N-dealkylation sites (N-methyl/N-ethyl adjacent to an activating group) is 1. The van der Waals surface area contributed by atoms with Crippen molar-refractivity contribution in [3.63, 3.8) is 0 Å². The largest absolute Gasteiger partial charge is 0.446 e. The van der Waals surface area contributed by atoms with Crippen molar-refractivity contribution < 1.29 is 42.5 Å². The lowest BCUT2D eigenvalue weighted by atomic mass is 10.0. The number of fused-ring (bicyclic) bond motifs is 1. The Kier molecular flexibility index (Phi) is 15.7. The average Bonchev–Trinajstić information content (AvgIpc) is 3.50. The predicted molar refractivity (Wildman–Crippen MR) is 179 cm³/mol. The number of carbonyl (C=O) groups excluding carboxylic acids is 4. The summed E-state index contributed by atoms with van der Waals surface area (Å²) in [7, 11) is 0. The van der Waals surface area contributed by atoms with Crippen molar-refractivity contribution in [2.75, 3.05) is 83.9 Å². The summed E-state index contributed by atoms with van der Waals surface area (Å²) in [5.74, 6) is -1.69. The number of aromatic nitrogens is 1. The van der Waals surface area contributed by atoms with Gasteiger partial charge in [-0.3, -0.25) is 14.4 Å². The molecule has 0 bridgehead atoms. The number of H-pyrrole nitrogens is 1. The number of nitrogens with zero attached hydrogens (tertiary/aromatic N) is 2. The predicted octanol–water partition coefficient (Wildman–Crippen LogP) is 3.44. The maximum Gasteiger partial charge on any atom is 0.421 e. The summed E-state index contributed by atoms with van der Waals surface area (Å²) in [5, 5.41) is 5.66. The Morgan fingerprint density at radius 3 is 2.38 bits per heavy atom. The molecule has 0 unspecified atom stereocenters. The summed E-state index contributed by atoms with van der Waals surface area (Å²) in [4.78, 5) is 57.7. The number of aromatic amines is 1. The van der Waals surface area contributed by atoms with Crippen molar-refractivity contribution in [2.45, 2.75) is 41.0 Å². The fourth-order valence-electron chi connectivity index (χ4n) is 5.18. The summed E-state index contributed by atoms with van der Waals surface area (Å²) in [6, 6.07) is 3.68. The molecule has 3 N–H and O–H groups in total. The van der Waals surface area contributed by atoms with Gasteiger partial charge in [-0.1, -0.05) is 13.8 Å². The van der Waals surface area contributed by atoms with Crippen LogP contribution < -0.4 is 15.5 Å². The first-order valence-electron chi connectivity index (χ1n) is 16.3. The van der Waals surface area contributed by atoms with Crippen LogP contribution in [0.1, 0.15) is 60.1 Å². The Labute approximate surface area is 281 Å². The molecule has 1 aromatic heterocycles. The molecule has 0 saturated heterocycles. The van der Waals surface area contributed by atoms with Crippen molar-refractivity contribution in [1.82, 2.24) is 20.5 Å². The Morgan fingerprint density at radius 2 is 1.65 bits per heavy atom. The summed E-state index contributed by atoms with van der Waals surface area (Å²) < 4.78 is 35.5. The number of imide groups is 1. The number of anilines is 1. The molecule has 0 spiro atoms.